The Morgan fingerprint density at radius 3 is 2.42 bits per heavy atom. The number of anilines is 1. The van der Waals surface area contributed by atoms with Crippen molar-refractivity contribution in [2.24, 2.45) is 0 Å². The first-order chi connectivity index (χ1) is 12.5. The maximum Gasteiger partial charge on any atom is 0.337 e. The summed E-state index contributed by atoms with van der Waals surface area (Å²) >= 11 is 0. The van der Waals surface area contributed by atoms with Crippen LogP contribution in [0.15, 0.2) is 42.5 Å². The van der Waals surface area contributed by atoms with Gasteiger partial charge < -0.3 is 14.4 Å². The monoisotopic (exact) mass is 353 g/mol. The Morgan fingerprint density at radius 1 is 1.08 bits per heavy atom. The zero-order valence-electron chi connectivity index (χ0n) is 15.3. The maximum absolute atomic E-state index is 12.9. The molecule has 0 aliphatic carbocycles. The third kappa shape index (κ3) is 3.78. The van der Waals surface area contributed by atoms with Crippen molar-refractivity contribution in [3.8, 4) is 0 Å². The number of ether oxygens (including phenoxy) is 2. The van der Waals surface area contributed by atoms with Gasteiger partial charge in [-0.15, -0.1) is 0 Å². The highest BCUT2D eigenvalue weighted by Crippen LogP contribution is 2.30. The highest BCUT2D eigenvalue weighted by Gasteiger charge is 2.26. The fourth-order valence-corrected chi connectivity index (χ4v) is 3.02. The highest BCUT2D eigenvalue weighted by atomic mass is 16.5. The van der Waals surface area contributed by atoms with Crippen molar-refractivity contribution in [1.82, 2.24) is 0 Å². The maximum atomic E-state index is 12.9. The Balaban J connectivity index is 1.75. The van der Waals surface area contributed by atoms with Crippen molar-refractivity contribution in [2.75, 3.05) is 18.6 Å². The third-order valence-electron chi connectivity index (χ3n) is 4.43. The van der Waals surface area contributed by atoms with Gasteiger partial charge in [0.05, 0.1) is 25.4 Å². The summed E-state index contributed by atoms with van der Waals surface area (Å²) in [5.74, 6) is -0.400. The molecule has 2 aromatic rings. The first-order valence-electron chi connectivity index (χ1n) is 8.73. The van der Waals surface area contributed by atoms with E-state index >= 15 is 0 Å². The summed E-state index contributed by atoms with van der Waals surface area (Å²) in [7, 11) is 1.36. The molecule has 0 saturated carbocycles. The van der Waals surface area contributed by atoms with Gasteiger partial charge in [0, 0.05) is 17.8 Å². The Morgan fingerprint density at radius 2 is 1.77 bits per heavy atom. The van der Waals surface area contributed by atoms with Crippen molar-refractivity contribution in [3.05, 3.63) is 64.7 Å². The second-order valence-corrected chi connectivity index (χ2v) is 6.60. The number of hydrogen-bond donors (Lipinski definition) is 0. The smallest absolute Gasteiger partial charge is 0.337 e. The number of hydrogen-bond acceptors (Lipinski definition) is 4. The summed E-state index contributed by atoms with van der Waals surface area (Å²) in [5.41, 5.74) is 4.04. The predicted octanol–water partition coefficient (Wildman–Crippen LogP) is 3.60. The minimum absolute atomic E-state index is 0.0362. The number of fused-ring (bicyclic) bond motifs is 1. The molecule has 0 fully saturated rings. The highest BCUT2D eigenvalue weighted by molar-refractivity contribution is 6.07. The molecule has 0 atom stereocenters. The first kappa shape index (κ1) is 18.1. The molecular formula is C21H23NO4. The van der Waals surface area contributed by atoms with E-state index in [1.54, 1.807) is 17.0 Å². The van der Waals surface area contributed by atoms with E-state index in [1.807, 2.05) is 44.2 Å². The van der Waals surface area contributed by atoms with Crippen LogP contribution in [0.5, 0.6) is 0 Å². The van der Waals surface area contributed by atoms with E-state index in [-0.39, 0.29) is 18.0 Å². The number of amides is 1. The number of nitrogens with zero attached hydrogens (tertiary/aromatic N) is 1. The van der Waals surface area contributed by atoms with E-state index in [4.69, 9.17) is 9.47 Å². The van der Waals surface area contributed by atoms with Crippen LogP contribution in [0, 0.1) is 0 Å². The number of methoxy groups -OCH3 is 1. The molecule has 0 N–H and O–H groups in total. The van der Waals surface area contributed by atoms with Crippen LogP contribution in [0.2, 0.25) is 0 Å². The van der Waals surface area contributed by atoms with Gasteiger partial charge in [-0.3, -0.25) is 4.79 Å². The van der Waals surface area contributed by atoms with E-state index in [0.717, 1.165) is 23.2 Å². The van der Waals surface area contributed by atoms with Gasteiger partial charge in [-0.05, 0) is 61.7 Å². The zero-order valence-corrected chi connectivity index (χ0v) is 15.3. The van der Waals surface area contributed by atoms with Gasteiger partial charge in [0.25, 0.3) is 5.91 Å². The largest absolute Gasteiger partial charge is 0.465 e. The molecule has 2 aromatic carbocycles. The van der Waals surface area contributed by atoms with Crippen LogP contribution in [0.4, 0.5) is 5.69 Å². The zero-order chi connectivity index (χ0) is 18.7. The minimum atomic E-state index is -0.364. The predicted molar refractivity (Wildman–Crippen MR) is 99.5 cm³/mol. The van der Waals surface area contributed by atoms with Crippen molar-refractivity contribution in [2.45, 2.75) is 33.0 Å². The van der Waals surface area contributed by atoms with Crippen LogP contribution < -0.4 is 4.90 Å². The molecule has 0 saturated heterocycles. The van der Waals surface area contributed by atoms with Crippen LogP contribution in [0.25, 0.3) is 0 Å². The average molecular weight is 353 g/mol. The lowest BCUT2D eigenvalue weighted by Gasteiger charge is -2.18. The SMILES string of the molecule is COC(=O)c1ccc2c(c1)CCN2C(=O)c1ccc(COC(C)C)cc1. The molecule has 0 bridgehead atoms. The molecule has 1 aliphatic rings. The number of carbonyl (C=O) groups is 2. The summed E-state index contributed by atoms with van der Waals surface area (Å²) in [4.78, 5) is 26.3. The molecule has 1 aliphatic heterocycles. The van der Waals surface area contributed by atoms with Crippen LogP contribution >= 0.6 is 0 Å². The molecule has 1 heterocycles. The molecular weight excluding hydrogens is 330 g/mol. The van der Waals surface area contributed by atoms with Gasteiger partial charge in [-0.1, -0.05) is 12.1 Å². The molecule has 26 heavy (non-hydrogen) atoms. The number of benzene rings is 2. The van der Waals surface area contributed by atoms with Crippen LogP contribution in [-0.4, -0.2) is 31.6 Å². The van der Waals surface area contributed by atoms with E-state index in [1.165, 1.54) is 7.11 Å². The summed E-state index contributed by atoms with van der Waals surface area (Å²) in [5, 5.41) is 0. The Hall–Kier alpha value is -2.66. The second-order valence-electron chi connectivity index (χ2n) is 6.60. The molecule has 0 unspecified atom stereocenters. The summed E-state index contributed by atoms with van der Waals surface area (Å²) in [6.07, 6.45) is 0.902. The molecule has 0 aromatic heterocycles. The minimum Gasteiger partial charge on any atom is -0.465 e. The molecule has 3 rings (SSSR count). The summed E-state index contributed by atoms with van der Waals surface area (Å²) in [6, 6.07) is 12.8. The van der Waals surface area contributed by atoms with Crippen molar-refractivity contribution < 1.29 is 19.1 Å². The van der Waals surface area contributed by atoms with Crippen molar-refractivity contribution >= 4 is 17.6 Å². The van der Waals surface area contributed by atoms with E-state index in [0.29, 0.717) is 24.3 Å². The summed E-state index contributed by atoms with van der Waals surface area (Å²) in [6.45, 7) is 5.13. The van der Waals surface area contributed by atoms with E-state index in [9.17, 15) is 9.59 Å². The molecule has 0 spiro atoms. The van der Waals surface area contributed by atoms with Gasteiger partial charge in [0.15, 0.2) is 0 Å². The number of rotatable bonds is 5. The lowest BCUT2D eigenvalue weighted by Crippen LogP contribution is -2.28. The lowest BCUT2D eigenvalue weighted by atomic mass is 10.1. The van der Waals surface area contributed by atoms with Crippen LogP contribution in [-0.2, 0) is 22.5 Å². The average Bonchev–Trinajstić information content (AvgIpc) is 3.08. The van der Waals surface area contributed by atoms with Crippen LogP contribution in [0.3, 0.4) is 0 Å². The van der Waals surface area contributed by atoms with Crippen LogP contribution in [0.1, 0.15) is 45.7 Å². The number of esters is 1. The Kier molecular flexibility index (Phi) is 5.38. The Bertz CT molecular complexity index is 811. The van der Waals surface area contributed by atoms with Gasteiger partial charge in [0.1, 0.15) is 0 Å². The Labute approximate surface area is 153 Å². The van der Waals surface area contributed by atoms with Crippen molar-refractivity contribution in [1.29, 1.82) is 0 Å². The van der Waals surface area contributed by atoms with Gasteiger partial charge in [-0.25, -0.2) is 4.79 Å². The molecule has 1 amide bonds. The van der Waals surface area contributed by atoms with Gasteiger partial charge >= 0.3 is 5.97 Å². The topological polar surface area (TPSA) is 55.8 Å². The molecule has 5 nitrogen and oxygen atoms in total. The van der Waals surface area contributed by atoms with Gasteiger partial charge in [0.2, 0.25) is 0 Å². The number of carbonyl (C=O) groups excluding carboxylic acids is 2. The van der Waals surface area contributed by atoms with E-state index in [2.05, 4.69) is 0 Å². The standard InChI is InChI=1S/C21H23NO4/c1-14(2)26-13-15-4-6-16(7-5-15)20(23)22-11-10-17-12-18(21(24)25-3)8-9-19(17)22/h4-9,12,14H,10-11,13H2,1-3H3. The van der Waals surface area contributed by atoms with Gasteiger partial charge in [-0.2, -0.15) is 0 Å². The molecule has 5 heteroatoms. The third-order valence-corrected chi connectivity index (χ3v) is 4.43. The second kappa shape index (κ2) is 7.70. The lowest BCUT2D eigenvalue weighted by molar-refractivity contribution is 0.0600. The quantitative estimate of drug-likeness (QED) is 0.771. The first-order valence-corrected chi connectivity index (χ1v) is 8.73. The van der Waals surface area contributed by atoms with Crippen molar-refractivity contribution in [3.63, 3.8) is 0 Å². The van der Waals surface area contributed by atoms with E-state index < -0.39 is 0 Å². The molecule has 0 radical (unpaired) electrons. The fraction of sp³-hybridized carbons (Fsp3) is 0.333. The fourth-order valence-electron chi connectivity index (χ4n) is 3.02. The normalized spacial score (nSPS) is 13.0. The summed E-state index contributed by atoms with van der Waals surface area (Å²) < 4.78 is 10.3. The molecule has 136 valence electrons.